The van der Waals surface area contributed by atoms with Crippen LogP contribution in [0.3, 0.4) is 0 Å². The van der Waals surface area contributed by atoms with Gasteiger partial charge in [0.25, 0.3) is 5.56 Å². The standard InChI is InChI=1S/C20H24F3N5O/c1-13-2-3-16-15(8-13)9-18(26-25-16)27-6-4-14(5-7-27)11-28-12-24-17(10-19(28)29)20(21,22)23/h9-10,12-14H,2-8,11H2,1H3. The van der Waals surface area contributed by atoms with E-state index in [1.807, 2.05) is 0 Å². The van der Waals surface area contributed by atoms with Gasteiger partial charge in [0.15, 0.2) is 11.5 Å². The molecule has 4 rings (SSSR count). The van der Waals surface area contributed by atoms with E-state index in [2.05, 4.69) is 33.1 Å². The second kappa shape index (κ2) is 7.76. The Labute approximate surface area is 166 Å². The van der Waals surface area contributed by atoms with Crippen molar-refractivity contribution in [2.75, 3.05) is 18.0 Å². The molecule has 156 valence electrons. The van der Waals surface area contributed by atoms with E-state index in [1.54, 1.807) is 0 Å². The smallest absolute Gasteiger partial charge is 0.355 e. The topological polar surface area (TPSA) is 63.9 Å². The third kappa shape index (κ3) is 4.43. The molecule has 2 aromatic rings. The number of rotatable bonds is 3. The van der Waals surface area contributed by atoms with Crippen LogP contribution in [0.15, 0.2) is 23.3 Å². The second-order valence-electron chi connectivity index (χ2n) is 8.22. The average molecular weight is 407 g/mol. The number of fused-ring (bicyclic) bond motifs is 1. The van der Waals surface area contributed by atoms with Crippen LogP contribution >= 0.6 is 0 Å². The zero-order chi connectivity index (χ0) is 20.6. The van der Waals surface area contributed by atoms with Crippen LogP contribution in [0.4, 0.5) is 19.0 Å². The molecular formula is C20H24F3N5O. The van der Waals surface area contributed by atoms with Crippen molar-refractivity contribution < 1.29 is 13.2 Å². The molecule has 1 aliphatic heterocycles. The Kier molecular flexibility index (Phi) is 5.31. The number of aryl methyl sites for hydroxylation is 1. The number of hydrogen-bond donors (Lipinski definition) is 0. The predicted octanol–water partition coefficient (Wildman–Crippen LogP) is 3.09. The van der Waals surface area contributed by atoms with Gasteiger partial charge >= 0.3 is 6.18 Å². The van der Waals surface area contributed by atoms with Crippen molar-refractivity contribution in [1.29, 1.82) is 0 Å². The first kappa shape index (κ1) is 19.8. The van der Waals surface area contributed by atoms with Gasteiger partial charge in [-0.15, -0.1) is 5.10 Å². The van der Waals surface area contributed by atoms with Gasteiger partial charge in [-0.1, -0.05) is 6.92 Å². The molecular weight excluding hydrogens is 383 g/mol. The summed E-state index contributed by atoms with van der Waals surface area (Å²) in [5.41, 5.74) is 0.590. The van der Waals surface area contributed by atoms with Crippen molar-refractivity contribution in [2.45, 2.75) is 51.7 Å². The van der Waals surface area contributed by atoms with Gasteiger partial charge in [-0.25, -0.2) is 4.98 Å². The van der Waals surface area contributed by atoms with E-state index < -0.39 is 17.4 Å². The summed E-state index contributed by atoms with van der Waals surface area (Å²) in [6.45, 7) is 4.21. The van der Waals surface area contributed by atoms with Gasteiger partial charge in [-0.05, 0) is 55.6 Å². The minimum atomic E-state index is -4.60. The fourth-order valence-corrected chi connectivity index (χ4v) is 4.19. The molecule has 1 unspecified atom stereocenters. The van der Waals surface area contributed by atoms with Crippen LogP contribution in [0.25, 0.3) is 0 Å². The summed E-state index contributed by atoms with van der Waals surface area (Å²) >= 11 is 0. The largest absolute Gasteiger partial charge is 0.433 e. The van der Waals surface area contributed by atoms with Crippen molar-refractivity contribution in [2.24, 2.45) is 11.8 Å². The second-order valence-corrected chi connectivity index (χ2v) is 8.22. The lowest BCUT2D eigenvalue weighted by Crippen LogP contribution is -2.37. The maximum atomic E-state index is 12.7. The normalized spacial score (nSPS) is 20.6. The van der Waals surface area contributed by atoms with Gasteiger partial charge in [-0.2, -0.15) is 18.3 Å². The highest BCUT2D eigenvalue weighted by atomic mass is 19.4. The number of anilines is 1. The average Bonchev–Trinajstić information content (AvgIpc) is 2.68. The third-order valence-electron chi connectivity index (χ3n) is 5.95. The van der Waals surface area contributed by atoms with Crippen LogP contribution in [0.2, 0.25) is 0 Å². The van der Waals surface area contributed by atoms with Gasteiger partial charge in [0.05, 0.1) is 12.0 Å². The molecule has 6 nitrogen and oxygen atoms in total. The van der Waals surface area contributed by atoms with Crippen molar-refractivity contribution in [1.82, 2.24) is 19.7 Å². The minimum absolute atomic E-state index is 0.216. The molecule has 0 saturated carbocycles. The van der Waals surface area contributed by atoms with E-state index in [9.17, 15) is 18.0 Å². The molecule has 2 aliphatic rings. The van der Waals surface area contributed by atoms with Crippen LogP contribution in [0.1, 0.15) is 43.1 Å². The number of piperidine rings is 1. The van der Waals surface area contributed by atoms with Gasteiger partial charge in [0, 0.05) is 25.7 Å². The van der Waals surface area contributed by atoms with Crippen LogP contribution in [-0.4, -0.2) is 32.8 Å². The molecule has 0 amide bonds. The fraction of sp³-hybridized carbons (Fsp3) is 0.600. The number of halogens is 3. The Morgan fingerprint density at radius 2 is 1.90 bits per heavy atom. The molecule has 0 aromatic carbocycles. The van der Waals surface area contributed by atoms with Crippen molar-refractivity contribution >= 4 is 5.82 Å². The molecule has 0 bridgehead atoms. The van der Waals surface area contributed by atoms with Crippen molar-refractivity contribution in [3.8, 4) is 0 Å². The summed E-state index contributed by atoms with van der Waals surface area (Å²) in [7, 11) is 0. The van der Waals surface area contributed by atoms with Gasteiger partial charge in [0.1, 0.15) is 0 Å². The number of nitrogens with zero attached hydrogens (tertiary/aromatic N) is 5. The highest BCUT2D eigenvalue weighted by Crippen LogP contribution is 2.29. The van der Waals surface area contributed by atoms with E-state index in [0.717, 1.165) is 63.0 Å². The molecule has 1 fully saturated rings. The predicted molar refractivity (Wildman–Crippen MR) is 102 cm³/mol. The highest BCUT2D eigenvalue weighted by molar-refractivity contribution is 5.42. The number of hydrogen-bond acceptors (Lipinski definition) is 5. The Morgan fingerprint density at radius 3 is 2.59 bits per heavy atom. The van der Waals surface area contributed by atoms with Crippen LogP contribution in [0, 0.1) is 11.8 Å². The van der Waals surface area contributed by atoms with Gasteiger partial charge in [-0.3, -0.25) is 9.36 Å². The Balaban J connectivity index is 1.38. The fourth-order valence-electron chi connectivity index (χ4n) is 4.19. The number of aromatic nitrogens is 4. The van der Waals surface area contributed by atoms with E-state index in [1.165, 1.54) is 10.1 Å². The molecule has 0 N–H and O–H groups in total. The van der Waals surface area contributed by atoms with Crippen molar-refractivity contribution in [3.63, 3.8) is 0 Å². The Hall–Kier alpha value is -2.45. The van der Waals surface area contributed by atoms with Gasteiger partial charge in [0.2, 0.25) is 0 Å². The van der Waals surface area contributed by atoms with E-state index in [4.69, 9.17) is 0 Å². The number of alkyl halides is 3. The molecule has 2 aromatic heterocycles. The molecule has 0 spiro atoms. The van der Waals surface area contributed by atoms with E-state index >= 15 is 0 Å². The summed E-state index contributed by atoms with van der Waals surface area (Å²) in [5, 5.41) is 8.82. The highest BCUT2D eigenvalue weighted by Gasteiger charge is 2.33. The monoisotopic (exact) mass is 407 g/mol. The first-order chi connectivity index (χ1) is 13.8. The minimum Gasteiger partial charge on any atom is -0.355 e. The summed E-state index contributed by atoms with van der Waals surface area (Å²) < 4.78 is 39.3. The summed E-state index contributed by atoms with van der Waals surface area (Å²) in [6.07, 6.45) is 1.26. The lowest BCUT2D eigenvalue weighted by Gasteiger charge is -2.33. The van der Waals surface area contributed by atoms with Gasteiger partial charge < -0.3 is 4.90 Å². The molecule has 1 atom stereocenters. The van der Waals surface area contributed by atoms with Crippen molar-refractivity contribution in [3.05, 3.63) is 45.8 Å². The first-order valence-corrected chi connectivity index (χ1v) is 10.0. The summed E-state index contributed by atoms with van der Waals surface area (Å²) in [5.74, 6) is 1.78. The quantitative estimate of drug-likeness (QED) is 0.783. The summed E-state index contributed by atoms with van der Waals surface area (Å²) in [4.78, 5) is 17.6. The van der Waals surface area contributed by atoms with Crippen LogP contribution in [-0.2, 0) is 25.6 Å². The lowest BCUT2D eigenvalue weighted by atomic mass is 9.88. The van der Waals surface area contributed by atoms with E-state index in [-0.39, 0.29) is 5.92 Å². The maximum absolute atomic E-state index is 12.7. The Bertz CT molecular complexity index is 934. The molecule has 0 radical (unpaired) electrons. The lowest BCUT2D eigenvalue weighted by molar-refractivity contribution is -0.141. The van der Waals surface area contributed by atoms with Crippen LogP contribution < -0.4 is 10.5 Å². The van der Waals surface area contributed by atoms with E-state index in [0.29, 0.717) is 18.5 Å². The maximum Gasteiger partial charge on any atom is 0.433 e. The Morgan fingerprint density at radius 1 is 1.14 bits per heavy atom. The first-order valence-electron chi connectivity index (χ1n) is 10.0. The molecule has 29 heavy (non-hydrogen) atoms. The third-order valence-corrected chi connectivity index (χ3v) is 5.95. The molecule has 1 saturated heterocycles. The zero-order valence-corrected chi connectivity index (χ0v) is 16.3. The summed E-state index contributed by atoms with van der Waals surface area (Å²) in [6, 6.07) is 2.72. The molecule has 1 aliphatic carbocycles. The SMILES string of the molecule is CC1CCc2nnc(N3CCC(Cn4cnc(C(F)(F)F)cc4=O)CC3)cc2C1. The van der Waals surface area contributed by atoms with Crippen LogP contribution in [0.5, 0.6) is 0 Å². The zero-order valence-electron chi connectivity index (χ0n) is 16.3. The molecule has 3 heterocycles. The molecule has 9 heteroatoms.